The van der Waals surface area contributed by atoms with Crippen LogP contribution >= 0.6 is 11.3 Å². The van der Waals surface area contributed by atoms with Gasteiger partial charge in [0, 0.05) is 13.0 Å². The molecule has 0 aliphatic rings. The molecule has 1 aromatic heterocycles. The van der Waals surface area contributed by atoms with Crippen LogP contribution in [-0.4, -0.2) is 10.9 Å². The molecule has 0 saturated carbocycles. The number of aromatic nitrogens is 1. The average molecular weight is 323 g/mol. The van der Waals surface area contributed by atoms with Crippen LogP contribution in [0.25, 0.3) is 21.3 Å². The quantitative estimate of drug-likeness (QED) is 0.719. The molecule has 1 amide bonds. The highest BCUT2D eigenvalue weighted by Crippen LogP contribution is 2.31. The standard InChI is InChI=1S/C19H19N2OS/c1-12(22)20-18-21-16-11-14(7-10-17(16)23-18)13-5-8-15(9-6-13)19(2,3)4/h5-10H,1-4H3,(H,20,21,22). The number of hydrogen-bond acceptors (Lipinski definition) is 3. The molecule has 23 heavy (non-hydrogen) atoms. The van der Waals surface area contributed by atoms with Gasteiger partial charge in [0.15, 0.2) is 5.13 Å². The lowest BCUT2D eigenvalue weighted by Crippen LogP contribution is -2.10. The van der Waals surface area contributed by atoms with Gasteiger partial charge in [0.1, 0.15) is 0 Å². The average Bonchev–Trinajstić information content (AvgIpc) is 2.86. The molecule has 4 heteroatoms. The first-order valence-electron chi connectivity index (χ1n) is 7.54. The van der Waals surface area contributed by atoms with Crippen LogP contribution in [0.15, 0.2) is 36.4 Å². The van der Waals surface area contributed by atoms with Crippen LogP contribution in [0.1, 0.15) is 33.3 Å². The highest BCUT2D eigenvalue weighted by Gasteiger charge is 2.13. The number of fused-ring (bicyclic) bond motifs is 1. The molecule has 3 aromatic rings. The van der Waals surface area contributed by atoms with Gasteiger partial charge in [-0.1, -0.05) is 62.4 Å². The third kappa shape index (κ3) is 3.42. The van der Waals surface area contributed by atoms with Crippen LogP contribution in [0.4, 0.5) is 5.13 Å². The van der Waals surface area contributed by atoms with E-state index in [0.29, 0.717) is 5.13 Å². The van der Waals surface area contributed by atoms with Crippen molar-refractivity contribution in [2.24, 2.45) is 0 Å². The van der Waals surface area contributed by atoms with E-state index in [9.17, 15) is 4.79 Å². The maximum atomic E-state index is 11.1. The maximum Gasteiger partial charge on any atom is 0.223 e. The van der Waals surface area contributed by atoms with Crippen molar-refractivity contribution < 1.29 is 4.79 Å². The van der Waals surface area contributed by atoms with Gasteiger partial charge in [0.25, 0.3) is 0 Å². The summed E-state index contributed by atoms with van der Waals surface area (Å²) in [5.74, 6) is -0.109. The van der Waals surface area contributed by atoms with Gasteiger partial charge < -0.3 is 5.32 Å². The minimum Gasteiger partial charge on any atom is -0.302 e. The van der Waals surface area contributed by atoms with Crippen molar-refractivity contribution in [3.8, 4) is 11.1 Å². The van der Waals surface area contributed by atoms with Gasteiger partial charge in [-0.25, -0.2) is 4.98 Å². The first-order valence-corrected chi connectivity index (χ1v) is 8.36. The summed E-state index contributed by atoms with van der Waals surface area (Å²) in [6.45, 7) is 8.11. The van der Waals surface area contributed by atoms with E-state index in [0.717, 1.165) is 21.3 Å². The van der Waals surface area contributed by atoms with Crippen LogP contribution in [0.5, 0.6) is 0 Å². The molecular weight excluding hydrogens is 304 g/mol. The van der Waals surface area contributed by atoms with E-state index in [1.165, 1.54) is 23.8 Å². The molecule has 3 nitrogen and oxygen atoms in total. The molecular formula is C19H19N2OS. The number of rotatable bonds is 2. The number of thiazole rings is 1. The molecule has 1 radical (unpaired) electrons. The molecule has 0 spiro atoms. The second-order valence-corrected chi connectivity index (χ2v) is 7.64. The summed E-state index contributed by atoms with van der Waals surface area (Å²) in [6, 6.07) is 16.0. The molecule has 2 aromatic carbocycles. The van der Waals surface area contributed by atoms with E-state index in [1.807, 2.05) is 12.1 Å². The zero-order valence-corrected chi connectivity index (χ0v) is 14.5. The summed E-state index contributed by atoms with van der Waals surface area (Å²) in [4.78, 5) is 15.6. The van der Waals surface area contributed by atoms with E-state index in [1.54, 1.807) is 0 Å². The molecule has 117 valence electrons. The Balaban J connectivity index is 1.95. The van der Waals surface area contributed by atoms with E-state index in [2.05, 4.69) is 61.4 Å². The summed E-state index contributed by atoms with van der Waals surface area (Å²) >= 11 is 1.46. The Kier molecular flexibility index (Phi) is 3.94. The lowest BCUT2D eigenvalue weighted by atomic mass is 9.86. The van der Waals surface area contributed by atoms with E-state index in [4.69, 9.17) is 0 Å². The SMILES string of the molecule is CC(=O)Nc1nc2[c]c(-c3ccc(C(C)(C)C)cc3)ccc2s1. The fourth-order valence-electron chi connectivity index (χ4n) is 2.38. The Morgan fingerprint density at radius 1 is 1.13 bits per heavy atom. The Hall–Kier alpha value is -2.20. The van der Waals surface area contributed by atoms with Gasteiger partial charge in [0.2, 0.25) is 5.91 Å². The van der Waals surface area contributed by atoms with Crippen molar-refractivity contribution in [3.05, 3.63) is 48.0 Å². The Labute approximate surface area is 140 Å². The first-order chi connectivity index (χ1) is 10.8. The summed E-state index contributed by atoms with van der Waals surface area (Å²) in [5, 5.41) is 3.34. The summed E-state index contributed by atoms with van der Waals surface area (Å²) in [7, 11) is 0. The molecule has 3 rings (SSSR count). The predicted octanol–water partition coefficient (Wildman–Crippen LogP) is 5.02. The number of carbonyl (C=O) groups is 1. The fraction of sp³-hybridized carbons (Fsp3) is 0.263. The zero-order chi connectivity index (χ0) is 16.6. The van der Waals surface area contributed by atoms with Gasteiger partial charge in [-0.3, -0.25) is 4.79 Å². The van der Waals surface area contributed by atoms with Gasteiger partial charge in [-0.2, -0.15) is 0 Å². The van der Waals surface area contributed by atoms with Crippen LogP contribution in [0, 0.1) is 6.07 Å². The monoisotopic (exact) mass is 323 g/mol. The van der Waals surface area contributed by atoms with Crippen molar-refractivity contribution in [3.63, 3.8) is 0 Å². The van der Waals surface area contributed by atoms with Gasteiger partial charge in [-0.15, -0.1) is 0 Å². The summed E-state index contributed by atoms with van der Waals surface area (Å²) in [6.07, 6.45) is 0. The van der Waals surface area contributed by atoms with Crippen molar-refractivity contribution in [1.29, 1.82) is 0 Å². The minimum absolute atomic E-state index is 0.109. The molecule has 1 N–H and O–H groups in total. The summed E-state index contributed by atoms with van der Waals surface area (Å²) in [5.41, 5.74) is 4.38. The highest BCUT2D eigenvalue weighted by atomic mass is 32.1. The van der Waals surface area contributed by atoms with Crippen molar-refractivity contribution in [1.82, 2.24) is 4.98 Å². The van der Waals surface area contributed by atoms with Crippen molar-refractivity contribution in [2.75, 3.05) is 5.32 Å². The molecule has 0 aliphatic carbocycles. The Bertz CT molecular complexity index is 857. The lowest BCUT2D eigenvalue weighted by molar-refractivity contribution is -0.114. The number of nitrogens with one attached hydrogen (secondary N) is 1. The van der Waals surface area contributed by atoms with Crippen LogP contribution in [-0.2, 0) is 10.2 Å². The van der Waals surface area contributed by atoms with Crippen LogP contribution in [0.2, 0.25) is 0 Å². The Morgan fingerprint density at radius 2 is 1.83 bits per heavy atom. The zero-order valence-electron chi connectivity index (χ0n) is 13.7. The largest absolute Gasteiger partial charge is 0.302 e. The number of anilines is 1. The third-order valence-electron chi connectivity index (χ3n) is 3.65. The first kappa shape index (κ1) is 15.7. The Morgan fingerprint density at radius 3 is 2.43 bits per heavy atom. The van der Waals surface area contributed by atoms with E-state index < -0.39 is 0 Å². The second-order valence-electron chi connectivity index (χ2n) is 6.61. The molecule has 0 fully saturated rings. The molecule has 0 atom stereocenters. The molecule has 0 unspecified atom stereocenters. The molecule has 0 bridgehead atoms. The van der Waals surface area contributed by atoms with Crippen LogP contribution in [0.3, 0.4) is 0 Å². The van der Waals surface area contributed by atoms with Gasteiger partial charge in [0.05, 0.1) is 10.2 Å². The second kappa shape index (κ2) is 5.78. The van der Waals surface area contributed by atoms with Gasteiger partial charge in [-0.05, 0) is 28.2 Å². The predicted molar refractivity (Wildman–Crippen MR) is 96.9 cm³/mol. The third-order valence-corrected chi connectivity index (χ3v) is 4.59. The lowest BCUT2D eigenvalue weighted by Gasteiger charge is -2.19. The van der Waals surface area contributed by atoms with Gasteiger partial charge >= 0.3 is 0 Å². The smallest absolute Gasteiger partial charge is 0.223 e. The van der Waals surface area contributed by atoms with Crippen LogP contribution < -0.4 is 5.32 Å². The minimum atomic E-state index is -0.109. The topological polar surface area (TPSA) is 42.0 Å². The number of nitrogens with zero attached hydrogens (tertiary/aromatic N) is 1. The fourth-order valence-corrected chi connectivity index (χ4v) is 3.25. The number of carbonyl (C=O) groups excluding carboxylic acids is 1. The molecule has 0 aliphatic heterocycles. The highest BCUT2D eigenvalue weighted by molar-refractivity contribution is 7.22. The van der Waals surface area contributed by atoms with Crippen molar-refractivity contribution in [2.45, 2.75) is 33.1 Å². The number of amides is 1. The normalized spacial score (nSPS) is 11.7. The number of hydrogen-bond donors (Lipinski definition) is 1. The maximum absolute atomic E-state index is 11.1. The van der Waals surface area contributed by atoms with Crippen molar-refractivity contribution >= 4 is 32.6 Å². The van der Waals surface area contributed by atoms with E-state index in [-0.39, 0.29) is 11.3 Å². The van der Waals surface area contributed by atoms with E-state index >= 15 is 0 Å². The summed E-state index contributed by atoms with van der Waals surface area (Å²) < 4.78 is 1.02. The number of benzene rings is 2. The molecule has 1 heterocycles. The molecule has 0 saturated heterocycles.